The molecule has 0 aromatic heterocycles. The number of fused-ring (bicyclic) bond motifs is 5. The van der Waals surface area contributed by atoms with Crippen LogP contribution < -0.4 is 0 Å². The normalized spacial score (nSPS) is 41.5. The van der Waals surface area contributed by atoms with E-state index in [4.69, 9.17) is 9.47 Å². The Morgan fingerprint density at radius 2 is 1.97 bits per heavy atom. The summed E-state index contributed by atoms with van der Waals surface area (Å²) in [6.45, 7) is 5.30. The van der Waals surface area contributed by atoms with Gasteiger partial charge in [0.2, 0.25) is 0 Å². The van der Waals surface area contributed by atoms with Crippen molar-refractivity contribution in [3.05, 3.63) is 23.8 Å². The average molecular weight is 473 g/mol. The van der Waals surface area contributed by atoms with Crippen LogP contribution in [0.3, 0.4) is 0 Å². The number of esters is 2. The second-order valence-corrected chi connectivity index (χ2v) is 12.5. The van der Waals surface area contributed by atoms with Gasteiger partial charge >= 0.3 is 11.9 Å². The third-order valence-corrected chi connectivity index (χ3v) is 10.6. The summed E-state index contributed by atoms with van der Waals surface area (Å²) in [5, 5.41) is -0.579. The fraction of sp³-hybridized carbons (Fsp3) is 0.741. The third-order valence-electron chi connectivity index (χ3n) is 9.39. The van der Waals surface area contributed by atoms with Gasteiger partial charge in [0.1, 0.15) is 11.4 Å². The van der Waals surface area contributed by atoms with Crippen molar-refractivity contribution in [1.82, 2.24) is 0 Å². The lowest BCUT2D eigenvalue weighted by atomic mass is 9.48. The molecule has 1 heterocycles. The quantitative estimate of drug-likeness (QED) is 0.395. The first-order valence-electron chi connectivity index (χ1n) is 12.7. The number of carbonyl (C=O) groups excluding carboxylic acids is 3. The van der Waals surface area contributed by atoms with E-state index in [2.05, 4.69) is 32.1 Å². The van der Waals surface area contributed by atoms with Gasteiger partial charge in [0.05, 0.1) is 13.0 Å². The molecule has 7 atom stereocenters. The SMILES string of the molecule is C[C@@]12CCC[C@H]1[C@@H]1CCC3=CC(OC(=O)CCC(=O)SC4CCOC4=O)C=C[C@]3(C)[C@H]1CC2. The second-order valence-electron chi connectivity index (χ2n) is 11.2. The molecular formula is C27H36O5S. The molecule has 4 aliphatic carbocycles. The Balaban J connectivity index is 1.16. The Labute approximate surface area is 201 Å². The van der Waals surface area contributed by atoms with Gasteiger partial charge in [-0.05, 0) is 73.8 Å². The van der Waals surface area contributed by atoms with E-state index < -0.39 is 5.25 Å². The van der Waals surface area contributed by atoms with Gasteiger partial charge in [0, 0.05) is 18.3 Å². The molecule has 0 spiro atoms. The van der Waals surface area contributed by atoms with Crippen LogP contribution in [0.4, 0.5) is 0 Å². The molecule has 1 aliphatic heterocycles. The molecule has 5 rings (SSSR count). The van der Waals surface area contributed by atoms with Crippen LogP contribution in [0, 0.1) is 28.6 Å². The van der Waals surface area contributed by atoms with Crippen molar-refractivity contribution in [2.24, 2.45) is 28.6 Å². The smallest absolute Gasteiger partial charge is 0.319 e. The fourth-order valence-electron chi connectivity index (χ4n) is 7.59. The van der Waals surface area contributed by atoms with E-state index in [0.29, 0.717) is 24.4 Å². The Morgan fingerprint density at radius 3 is 2.76 bits per heavy atom. The molecule has 5 aliphatic rings. The Kier molecular flexibility index (Phi) is 6.26. The van der Waals surface area contributed by atoms with Gasteiger partial charge in [-0.25, -0.2) is 0 Å². The lowest BCUT2D eigenvalue weighted by molar-refractivity contribution is -0.146. The standard InChI is InChI=1S/C27H36O5S/c1-26-12-3-4-20(26)19-6-5-17-16-18(9-14-27(17,2)21(19)10-13-26)32-23(28)7-8-24(29)33-22-11-15-31-25(22)30/h9,14,16,18-22H,3-8,10-13,15H2,1-2H3/t18?,19-,20-,21-,22?,26-,27-/m0/s1. The molecule has 0 aromatic rings. The zero-order valence-electron chi connectivity index (χ0n) is 19.8. The monoisotopic (exact) mass is 472 g/mol. The summed E-state index contributed by atoms with van der Waals surface area (Å²) in [4.78, 5) is 36.0. The van der Waals surface area contributed by atoms with Crippen LogP contribution in [0.15, 0.2) is 23.8 Å². The highest BCUT2D eigenvalue weighted by Crippen LogP contribution is 2.64. The highest BCUT2D eigenvalue weighted by atomic mass is 32.2. The van der Waals surface area contributed by atoms with Crippen molar-refractivity contribution >= 4 is 28.8 Å². The van der Waals surface area contributed by atoms with Gasteiger partial charge in [-0.2, -0.15) is 0 Å². The van der Waals surface area contributed by atoms with Crippen molar-refractivity contribution in [2.75, 3.05) is 6.61 Å². The fourth-order valence-corrected chi connectivity index (χ4v) is 8.51. The summed E-state index contributed by atoms with van der Waals surface area (Å²) < 4.78 is 10.6. The maximum atomic E-state index is 12.4. The van der Waals surface area contributed by atoms with Crippen molar-refractivity contribution in [1.29, 1.82) is 0 Å². The largest absolute Gasteiger partial charge is 0.465 e. The number of rotatable bonds is 5. The van der Waals surface area contributed by atoms with Crippen LogP contribution in [-0.4, -0.2) is 35.0 Å². The first kappa shape index (κ1) is 23.2. The minimum atomic E-state index is -0.422. The Hall–Kier alpha value is -1.56. The average Bonchev–Trinajstić information content (AvgIpc) is 3.37. The van der Waals surface area contributed by atoms with Crippen LogP contribution in [0.25, 0.3) is 0 Å². The van der Waals surface area contributed by atoms with E-state index in [1.54, 1.807) is 0 Å². The summed E-state index contributed by atoms with van der Waals surface area (Å²) in [7, 11) is 0. The Bertz CT molecular complexity index is 893. The van der Waals surface area contributed by atoms with Crippen LogP contribution in [0.5, 0.6) is 0 Å². The van der Waals surface area contributed by atoms with Crippen molar-refractivity contribution < 1.29 is 23.9 Å². The molecule has 5 nitrogen and oxygen atoms in total. The van der Waals surface area contributed by atoms with Gasteiger partial charge in [0.25, 0.3) is 0 Å². The molecule has 6 heteroatoms. The van der Waals surface area contributed by atoms with Gasteiger partial charge in [0.15, 0.2) is 5.12 Å². The molecular weight excluding hydrogens is 436 g/mol. The van der Waals surface area contributed by atoms with Crippen molar-refractivity contribution in [2.45, 2.75) is 89.4 Å². The minimum Gasteiger partial charge on any atom is -0.465 e. The van der Waals surface area contributed by atoms with E-state index >= 15 is 0 Å². The predicted molar refractivity (Wildman–Crippen MR) is 127 cm³/mol. The molecule has 0 amide bonds. The molecule has 0 bridgehead atoms. The molecule has 33 heavy (non-hydrogen) atoms. The number of thioether (sulfide) groups is 1. The highest BCUT2D eigenvalue weighted by molar-refractivity contribution is 8.14. The lowest BCUT2D eigenvalue weighted by Crippen LogP contribution is -2.48. The number of carbonyl (C=O) groups is 3. The maximum Gasteiger partial charge on any atom is 0.319 e. The predicted octanol–water partition coefficient (Wildman–Crippen LogP) is 5.38. The number of allylic oxidation sites excluding steroid dienone is 2. The lowest BCUT2D eigenvalue weighted by Gasteiger charge is -2.56. The van der Waals surface area contributed by atoms with E-state index in [9.17, 15) is 14.4 Å². The highest BCUT2D eigenvalue weighted by Gasteiger charge is 2.55. The molecule has 0 N–H and O–H groups in total. The zero-order chi connectivity index (χ0) is 23.2. The molecule has 3 saturated carbocycles. The van der Waals surface area contributed by atoms with Crippen LogP contribution in [0.2, 0.25) is 0 Å². The van der Waals surface area contributed by atoms with E-state index in [1.807, 2.05) is 0 Å². The number of hydrogen-bond acceptors (Lipinski definition) is 6. The van der Waals surface area contributed by atoms with Crippen molar-refractivity contribution in [3.63, 3.8) is 0 Å². The Morgan fingerprint density at radius 1 is 1.12 bits per heavy atom. The van der Waals surface area contributed by atoms with E-state index in [0.717, 1.165) is 30.0 Å². The first-order chi connectivity index (χ1) is 15.8. The second kappa shape index (κ2) is 8.90. The number of hydrogen-bond donors (Lipinski definition) is 0. The molecule has 4 fully saturated rings. The van der Waals surface area contributed by atoms with Crippen LogP contribution in [-0.2, 0) is 23.9 Å². The number of cyclic esters (lactones) is 1. The van der Waals surface area contributed by atoms with Gasteiger partial charge in [-0.1, -0.05) is 43.7 Å². The number of ether oxygens (including phenoxy) is 2. The molecule has 0 radical (unpaired) electrons. The van der Waals surface area contributed by atoms with E-state index in [-0.39, 0.29) is 41.4 Å². The van der Waals surface area contributed by atoms with Crippen molar-refractivity contribution in [3.8, 4) is 0 Å². The first-order valence-corrected chi connectivity index (χ1v) is 13.6. The zero-order valence-corrected chi connectivity index (χ0v) is 20.7. The summed E-state index contributed by atoms with van der Waals surface area (Å²) >= 11 is 0.987. The topological polar surface area (TPSA) is 69.7 Å². The van der Waals surface area contributed by atoms with E-state index in [1.165, 1.54) is 44.1 Å². The van der Waals surface area contributed by atoms with Gasteiger partial charge in [-0.15, -0.1) is 0 Å². The molecule has 2 unspecified atom stereocenters. The minimum absolute atomic E-state index is 0.0450. The van der Waals surface area contributed by atoms with Crippen LogP contribution in [0.1, 0.15) is 78.1 Å². The summed E-state index contributed by atoms with van der Waals surface area (Å²) in [6.07, 6.45) is 16.1. The van der Waals surface area contributed by atoms with Gasteiger partial charge in [-0.3, -0.25) is 14.4 Å². The molecule has 180 valence electrons. The summed E-state index contributed by atoms with van der Waals surface area (Å²) in [5.41, 5.74) is 2.07. The summed E-state index contributed by atoms with van der Waals surface area (Å²) in [5.74, 6) is 1.70. The third kappa shape index (κ3) is 4.33. The maximum absolute atomic E-state index is 12.4. The molecule has 1 saturated heterocycles. The van der Waals surface area contributed by atoms with Gasteiger partial charge < -0.3 is 9.47 Å². The summed E-state index contributed by atoms with van der Waals surface area (Å²) in [6, 6.07) is 0. The molecule has 0 aromatic carbocycles. The van der Waals surface area contributed by atoms with Crippen LogP contribution >= 0.6 is 11.8 Å².